The van der Waals surface area contributed by atoms with Gasteiger partial charge in [0.15, 0.2) is 0 Å². The number of hydrogen-bond donors (Lipinski definition) is 1. The summed E-state index contributed by atoms with van der Waals surface area (Å²) in [5.74, 6) is 0.0343. The van der Waals surface area contributed by atoms with Crippen LogP contribution in [0.5, 0.6) is 5.75 Å². The Bertz CT molecular complexity index is 1220. The Morgan fingerprint density at radius 2 is 1.44 bits per heavy atom. The lowest BCUT2D eigenvalue weighted by atomic mass is 10.1. The van der Waals surface area contributed by atoms with Gasteiger partial charge in [0.1, 0.15) is 12.3 Å². The van der Waals surface area contributed by atoms with Gasteiger partial charge in [-0.3, -0.25) is 9.10 Å². The predicted molar refractivity (Wildman–Crippen MR) is 128 cm³/mol. The quantitative estimate of drug-likeness (QED) is 0.561. The van der Waals surface area contributed by atoms with Crippen molar-refractivity contribution in [2.24, 2.45) is 0 Å². The molecule has 0 saturated carbocycles. The van der Waals surface area contributed by atoms with Gasteiger partial charge < -0.3 is 10.1 Å². The molecule has 0 atom stereocenters. The van der Waals surface area contributed by atoms with E-state index in [4.69, 9.17) is 4.74 Å². The average molecular weight is 453 g/mol. The molecule has 32 heavy (non-hydrogen) atoms. The summed E-state index contributed by atoms with van der Waals surface area (Å²) in [6, 6.07) is 17.5. The molecule has 0 heterocycles. The third kappa shape index (κ3) is 5.29. The van der Waals surface area contributed by atoms with Crippen LogP contribution in [0.25, 0.3) is 0 Å². The van der Waals surface area contributed by atoms with Gasteiger partial charge >= 0.3 is 0 Å². The van der Waals surface area contributed by atoms with Crippen molar-refractivity contribution in [3.8, 4) is 5.75 Å². The molecule has 168 valence electrons. The Morgan fingerprint density at radius 3 is 2.03 bits per heavy atom. The number of amides is 1. The summed E-state index contributed by atoms with van der Waals surface area (Å²) >= 11 is 0. The van der Waals surface area contributed by atoms with Gasteiger partial charge in [-0.15, -0.1) is 0 Å². The number of methoxy groups -OCH3 is 1. The van der Waals surface area contributed by atoms with Gasteiger partial charge in [-0.2, -0.15) is 0 Å². The Hall–Kier alpha value is -3.32. The van der Waals surface area contributed by atoms with Crippen molar-refractivity contribution >= 4 is 27.3 Å². The van der Waals surface area contributed by atoms with E-state index in [0.29, 0.717) is 17.1 Å². The lowest BCUT2D eigenvalue weighted by Crippen LogP contribution is -2.38. The minimum atomic E-state index is -3.97. The van der Waals surface area contributed by atoms with Crippen LogP contribution in [0.15, 0.2) is 65.6 Å². The summed E-state index contributed by atoms with van der Waals surface area (Å²) in [7, 11) is -2.46. The molecular formula is C25H28N2O4S. The highest BCUT2D eigenvalue weighted by molar-refractivity contribution is 7.92. The molecule has 0 fully saturated rings. The first-order valence-electron chi connectivity index (χ1n) is 10.2. The Balaban J connectivity index is 2.00. The fourth-order valence-electron chi connectivity index (χ4n) is 3.49. The van der Waals surface area contributed by atoms with E-state index < -0.39 is 15.9 Å². The molecule has 0 aliphatic rings. The molecule has 0 bridgehead atoms. The molecule has 0 aliphatic heterocycles. The molecule has 3 rings (SSSR count). The minimum absolute atomic E-state index is 0.128. The number of carbonyl (C=O) groups excluding carboxylic acids is 1. The van der Waals surface area contributed by atoms with Crippen LogP contribution in [0, 0.1) is 27.7 Å². The SMILES string of the molecule is COc1ccc(C)cc1NC(=O)CN(c1cc(C)cc(C)c1)S(=O)(=O)c1ccc(C)cc1. The third-order valence-electron chi connectivity index (χ3n) is 5.02. The van der Waals surface area contributed by atoms with Gasteiger partial charge in [-0.05, 0) is 80.8 Å². The summed E-state index contributed by atoms with van der Waals surface area (Å²) in [5.41, 5.74) is 4.64. The van der Waals surface area contributed by atoms with E-state index in [-0.39, 0.29) is 11.4 Å². The monoisotopic (exact) mass is 452 g/mol. The highest BCUT2D eigenvalue weighted by Crippen LogP contribution is 2.28. The molecule has 3 aromatic rings. The van der Waals surface area contributed by atoms with Crippen LogP contribution in [0.1, 0.15) is 22.3 Å². The molecule has 0 unspecified atom stereocenters. The van der Waals surface area contributed by atoms with E-state index in [1.165, 1.54) is 7.11 Å². The first-order valence-corrected chi connectivity index (χ1v) is 11.7. The van der Waals surface area contributed by atoms with Crippen LogP contribution in [-0.2, 0) is 14.8 Å². The van der Waals surface area contributed by atoms with E-state index in [1.807, 2.05) is 39.8 Å². The number of nitrogens with zero attached hydrogens (tertiary/aromatic N) is 1. The molecule has 0 radical (unpaired) electrons. The average Bonchev–Trinajstić information content (AvgIpc) is 2.71. The molecule has 7 heteroatoms. The van der Waals surface area contributed by atoms with Gasteiger partial charge in [0.05, 0.1) is 23.4 Å². The molecule has 1 N–H and O–H groups in total. The molecule has 3 aromatic carbocycles. The second kappa shape index (κ2) is 9.44. The third-order valence-corrected chi connectivity index (χ3v) is 6.81. The lowest BCUT2D eigenvalue weighted by Gasteiger charge is -2.25. The number of aryl methyl sites for hydroxylation is 4. The highest BCUT2D eigenvalue weighted by atomic mass is 32.2. The Morgan fingerprint density at radius 1 is 0.844 bits per heavy atom. The molecule has 0 saturated heterocycles. The first-order chi connectivity index (χ1) is 15.1. The van der Waals surface area contributed by atoms with E-state index in [2.05, 4.69) is 5.32 Å². The van der Waals surface area contributed by atoms with E-state index in [1.54, 1.807) is 48.5 Å². The number of carbonyl (C=O) groups is 1. The number of ether oxygens (including phenoxy) is 1. The topological polar surface area (TPSA) is 75.7 Å². The van der Waals surface area contributed by atoms with Crippen molar-refractivity contribution in [1.29, 1.82) is 0 Å². The fraction of sp³-hybridized carbons (Fsp3) is 0.240. The largest absolute Gasteiger partial charge is 0.495 e. The van der Waals surface area contributed by atoms with Gasteiger partial charge in [0.25, 0.3) is 10.0 Å². The van der Waals surface area contributed by atoms with E-state index in [0.717, 1.165) is 26.6 Å². The number of benzene rings is 3. The maximum atomic E-state index is 13.6. The van der Waals surface area contributed by atoms with Crippen LogP contribution >= 0.6 is 0 Å². The summed E-state index contributed by atoms with van der Waals surface area (Å²) in [6.45, 7) is 7.20. The van der Waals surface area contributed by atoms with Gasteiger partial charge in [-0.1, -0.05) is 29.8 Å². The molecular weight excluding hydrogens is 424 g/mol. The zero-order chi connectivity index (χ0) is 23.5. The number of nitrogens with one attached hydrogen (secondary N) is 1. The fourth-order valence-corrected chi connectivity index (χ4v) is 4.89. The number of rotatable bonds is 7. The second-order valence-electron chi connectivity index (χ2n) is 7.92. The van der Waals surface area contributed by atoms with Crippen molar-refractivity contribution in [1.82, 2.24) is 0 Å². The standard InChI is InChI=1S/C25H28N2O4S/c1-17-6-9-22(10-7-17)32(29,30)27(21-13-19(3)12-20(4)14-21)16-25(28)26-23-15-18(2)8-11-24(23)31-5/h6-15H,16H2,1-5H3,(H,26,28). The lowest BCUT2D eigenvalue weighted by molar-refractivity contribution is -0.114. The Kier molecular flexibility index (Phi) is 6.89. The molecule has 0 aliphatic carbocycles. The second-order valence-corrected chi connectivity index (χ2v) is 9.78. The number of hydrogen-bond acceptors (Lipinski definition) is 4. The van der Waals surface area contributed by atoms with Gasteiger partial charge in [-0.25, -0.2) is 8.42 Å². The summed E-state index contributed by atoms with van der Waals surface area (Å²) < 4.78 is 33.6. The minimum Gasteiger partial charge on any atom is -0.495 e. The van der Waals surface area contributed by atoms with E-state index >= 15 is 0 Å². The number of anilines is 2. The van der Waals surface area contributed by atoms with Crippen LogP contribution in [0.4, 0.5) is 11.4 Å². The summed E-state index contributed by atoms with van der Waals surface area (Å²) in [5, 5.41) is 2.79. The first kappa shape index (κ1) is 23.3. The molecule has 1 amide bonds. The van der Waals surface area contributed by atoms with Gasteiger partial charge in [0, 0.05) is 0 Å². The van der Waals surface area contributed by atoms with E-state index in [9.17, 15) is 13.2 Å². The summed E-state index contributed by atoms with van der Waals surface area (Å²) in [4.78, 5) is 13.1. The van der Waals surface area contributed by atoms with Crippen molar-refractivity contribution in [3.63, 3.8) is 0 Å². The van der Waals surface area contributed by atoms with Crippen molar-refractivity contribution in [2.45, 2.75) is 32.6 Å². The summed E-state index contributed by atoms with van der Waals surface area (Å²) in [6.07, 6.45) is 0. The number of sulfonamides is 1. The van der Waals surface area contributed by atoms with Crippen molar-refractivity contribution < 1.29 is 17.9 Å². The predicted octanol–water partition coefficient (Wildman–Crippen LogP) is 4.76. The van der Waals surface area contributed by atoms with Crippen molar-refractivity contribution in [2.75, 3.05) is 23.3 Å². The maximum absolute atomic E-state index is 13.6. The van der Waals surface area contributed by atoms with Crippen LogP contribution in [-0.4, -0.2) is 28.0 Å². The highest BCUT2D eigenvalue weighted by Gasteiger charge is 2.28. The van der Waals surface area contributed by atoms with Crippen molar-refractivity contribution in [3.05, 3.63) is 82.9 Å². The zero-order valence-corrected chi connectivity index (χ0v) is 19.8. The van der Waals surface area contributed by atoms with Crippen LogP contribution in [0.3, 0.4) is 0 Å². The molecule has 0 aromatic heterocycles. The zero-order valence-electron chi connectivity index (χ0n) is 19.0. The Labute approximate surface area is 189 Å². The maximum Gasteiger partial charge on any atom is 0.264 e. The van der Waals surface area contributed by atoms with Gasteiger partial charge in [0.2, 0.25) is 5.91 Å². The van der Waals surface area contributed by atoms with Crippen LogP contribution < -0.4 is 14.4 Å². The smallest absolute Gasteiger partial charge is 0.264 e. The normalized spacial score (nSPS) is 11.2. The molecule has 0 spiro atoms. The molecule has 6 nitrogen and oxygen atoms in total. The van der Waals surface area contributed by atoms with Crippen LogP contribution in [0.2, 0.25) is 0 Å².